The van der Waals surface area contributed by atoms with Crippen molar-refractivity contribution >= 4 is 5.91 Å². The molecule has 1 aliphatic heterocycles. The third-order valence-corrected chi connectivity index (χ3v) is 3.94. The summed E-state index contributed by atoms with van der Waals surface area (Å²) in [5, 5.41) is 0. The van der Waals surface area contributed by atoms with Crippen LogP contribution in [0.25, 0.3) is 0 Å². The maximum Gasteiger partial charge on any atom is 0.416 e. The molecule has 0 aliphatic carbocycles. The minimum atomic E-state index is -4.36. The number of benzene rings is 1. The molecule has 0 saturated carbocycles. The van der Waals surface area contributed by atoms with Crippen LogP contribution in [0.15, 0.2) is 42.9 Å². The van der Waals surface area contributed by atoms with Crippen molar-refractivity contribution in [2.45, 2.75) is 18.5 Å². The Morgan fingerprint density at radius 2 is 2.09 bits per heavy atom. The van der Waals surface area contributed by atoms with Gasteiger partial charge in [0.15, 0.2) is 0 Å². The van der Waals surface area contributed by atoms with Gasteiger partial charge in [0.05, 0.1) is 11.8 Å². The van der Waals surface area contributed by atoms with Crippen molar-refractivity contribution in [2.24, 2.45) is 0 Å². The second kappa shape index (κ2) is 5.98. The van der Waals surface area contributed by atoms with Crippen LogP contribution < -0.4 is 0 Å². The Morgan fingerprint density at radius 1 is 1.26 bits per heavy atom. The molecule has 120 valence electrons. The van der Waals surface area contributed by atoms with Crippen LogP contribution in [0.5, 0.6) is 0 Å². The minimum Gasteiger partial charge on any atom is -0.337 e. The van der Waals surface area contributed by atoms with Crippen molar-refractivity contribution in [3.63, 3.8) is 0 Å². The summed E-state index contributed by atoms with van der Waals surface area (Å²) in [7, 11) is 0. The number of carbonyl (C=O) groups is 1. The predicted molar refractivity (Wildman–Crippen MR) is 76.7 cm³/mol. The summed E-state index contributed by atoms with van der Waals surface area (Å²) in [6.45, 7) is 0.882. The molecule has 1 aromatic carbocycles. The molecule has 0 spiro atoms. The monoisotopic (exact) mass is 321 g/mol. The number of hydrogen-bond acceptors (Lipinski definition) is 3. The molecular weight excluding hydrogens is 307 g/mol. The van der Waals surface area contributed by atoms with Crippen LogP contribution in [-0.4, -0.2) is 33.9 Å². The van der Waals surface area contributed by atoms with Gasteiger partial charge in [-0.3, -0.25) is 9.78 Å². The average Bonchev–Trinajstić information content (AvgIpc) is 3.04. The smallest absolute Gasteiger partial charge is 0.337 e. The number of hydrogen-bond donors (Lipinski definition) is 0. The lowest BCUT2D eigenvalue weighted by molar-refractivity contribution is -0.137. The number of aromatic nitrogens is 2. The van der Waals surface area contributed by atoms with Gasteiger partial charge in [0.25, 0.3) is 5.91 Å². The first-order valence-electron chi connectivity index (χ1n) is 7.17. The zero-order chi connectivity index (χ0) is 16.4. The summed E-state index contributed by atoms with van der Waals surface area (Å²) in [6.07, 6.45) is 0.580. The molecule has 0 bridgehead atoms. The number of alkyl halides is 3. The zero-order valence-corrected chi connectivity index (χ0v) is 12.1. The van der Waals surface area contributed by atoms with Gasteiger partial charge < -0.3 is 4.90 Å². The summed E-state index contributed by atoms with van der Waals surface area (Å²) in [5.41, 5.74) is 0.195. The lowest BCUT2D eigenvalue weighted by Crippen LogP contribution is -2.29. The summed E-state index contributed by atoms with van der Waals surface area (Å²) in [4.78, 5) is 21.7. The van der Waals surface area contributed by atoms with E-state index < -0.39 is 11.7 Å². The van der Waals surface area contributed by atoms with E-state index in [2.05, 4.69) is 9.97 Å². The molecular formula is C16H14F3N3O. The van der Waals surface area contributed by atoms with E-state index in [9.17, 15) is 18.0 Å². The van der Waals surface area contributed by atoms with E-state index in [0.29, 0.717) is 25.1 Å². The Balaban J connectivity index is 1.74. The van der Waals surface area contributed by atoms with Gasteiger partial charge in [-0.1, -0.05) is 18.2 Å². The van der Waals surface area contributed by atoms with Crippen molar-refractivity contribution < 1.29 is 18.0 Å². The van der Waals surface area contributed by atoms with E-state index in [1.807, 2.05) is 0 Å². The lowest BCUT2D eigenvalue weighted by Gasteiger charge is -2.16. The van der Waals surface area contributed by atoms with Crippen molar-refractivity contribution in [1.29, 1.82) is 0 Å². The quantitative estimate of drug-likeness (QED) is 0.854. The van der Waals surface area contributed by atoms with Gasteiger partial charge in [-0.05, 0) is 18.1 Å². The summed E-state index contributed by atoms with van der Waals surface area (Å²) >= 11 is 0. The Hall–Kier alpha value is -2.44. The fourth-order valence-electron chi connectivity index (χ4n) is 2.76. The molecule has 1 aliphatic rings. The summed E-state index contributed by atoms with van der Waals surface area (Å²) in [6, 6.07) is 5.31. The van der Waals surface area contributed by atoms with Gasteiger partial charge in [0, 0.05) is 31.4 Å². The van der Waals surface area contributed by atoms with Crippen LogP contribution in [0.1, 0.15) is 34.0 Å². The predicted octanol–water partition coefficient (Wildman–Crippen LogP) is 3.13. The van der Waals surface area contributed by atoms with Crippen LogP contribution >= 0.6 is 0 Å². The van der Waals surface area contributed by atoms with Crippen molar-refractivity contribution in [3.05, 3.63) is 59.7 Å². The highest BCUT2D eigenvalue weighted by Gasteiger charge is 2.33. The number of halogens is 3. The van der Waals surface area contributed by atoms with Crippen molar-refractivity contribution in [3.8, 4) is 0 Å². The molecule has 1 amide bonds. The Kier molecular flexibility index (Phi) is 4.02. The van der Waals surface area contributed by atoms with E-state index in [-0.39, 0.29) is 17.5 Å². The van der Waals surface area contributed by atoms with Crippen LogP contribution in [0.3, 0.4) is 0 Å². The summed E-state index contributed by atoms with van der Waals surface area (Å²) < 4.78 is 38.4. The molecule has 2 heterocycles. The largest absolute Gasteiger partial charge is 0.416 e. The molecule has 7 heteroatoms. The maximum atomic E-state index is 12.8. The first kappa shape index (κ1) is 15.5. The number of rotatable bonds is 2. The third-order valence-electron chi connectivity index (χ3n) is 3.94. The van der Waals surface area contributed by atoms with E-state index in [1.165, 1.54) is 30.7 Å². The molecule has 23 heavy (non-hydrogen) atoms. The highest BCUT2D eigenvalue weighted by molar-refractivity contribution is 5.92. The highest BCUT2D eigenvalue weighted by atomic mass is 19.4. The van der Waals surface area contributed by atoms with Gasteiger partial charge in [-0.2, -0.15) is 13.2 Å². The molecule has 1 atom stereocenters. The van der Waals surface area contributed by atoms with Gasteiger partial charge in [0.2, 0.25) is 0 Å². The standard InChI is InChI=1S/C16H14F3N3O/c17-16(18,19)13-3-1-2-11(8-13)12-4-7-22(10-12)15(23)14-9-20-5-6-21-14/h1-3,5-6,8-9,12H,4,7,10H2/t12-/m1/s1. The number of carbonyl (C=O) groups excluding carboxylic acids is 1. The van der Waals surface area contributed by atoms with Crippen molar-refractivity contribution in [2.75, 3.05) is 13.1 Å². The molecule has 0 unspecified atom stereocenters. The Morgan fingerprint density at radius 3 is 2.78 bits per heavy atom. The maximum absolute atomic E-state index is 12.8. The van der Waals surface area contributed by atoms with Gasteiger partial charge in [-0.15, -0.1) is 0 Å². The molecule has 1 fully saturated rings. The van der Waals surface area contributed by atoms with E-state index in [4.69, 9.17) is 0 Å². The highest BCUT2D eigenvalue weighted by Crippen LogP contribution is 2.33. The third kappa shape index (κ3) is 3.33. The first-order valence-corrected chi connectivity index (χ1v) is 7.17. The fourth-order valence-corrected chi connectivity index (χ4v) is 2.76. The number of nitrogens with zero attached hydrogens (tertiary/aromatic N) is 3. The normalized spacial score (nSPS) is 18.2. The van der Waals surface area contributed by atoms with E-state index in [0.717, 1.165) is 6.07 Å². The van der Waals surface area contributed by atoms with Crippen LogP contribution in [0, 0.1) is 0 Å². The zero-order valence-electron chi connectivity index (χ0n) is 12.1. The van der Waals surface area contributed by atoms with Crippen LogP contribution in [-0.2, 0) is 6.18 Å². The Bertz CT molecular complexity index is 703. The molecule has 3 rings (SSSR count). The topological polar surface area (TPSA) is 46.1 Å². The second-order valence-corrected chi connectivity index (χ2v) is 5.45. The molecule has 2 aromatic rings. The molecule has 0 radical (unpaired) electrons. The number of likely N-dealkylation sites (tertiary alicyclic amines) is 1. The van der Waals surface area contributed by atoms with Crippen LogP contribution in [0.4, 0.5) is 13.2 Å². The SMILES string of the molecule is O=C(c1cnccn1)N1CC[C@@H](c2cccc(C(F)(F)F)c2)C1. The number of amides is 1. The Labute approximate surface area is 131 Å². The van der Waals surface area contributed by atoms with Crippen LogP contribution in [0.2, 0.25) is 0 Å². The van der Waals surface area contributed by atoms with Crippen molar-refractivity contribution in [1.82, 2.24) is 14.9 Å². The average molecular weight is 321 g/mol. The second-order valence-electron chi connectivity index (χ2n) is 5.45. The minimum absolute atomic E-state index is 0.0991. The van der Waals surface area contributed by atoms with E-state index >= 15 is 0 Å². The van der Waals surface area contributed by atoms with Gasteiger partial charge in [0.1, 0.15) is 5.69 Å². The fraction of sp³-hybridized carbons (Fsp3) is 0.312. The first-order chi connectivity index (χ1) is 10.9. The molecule has 1 saturated heterocycles. The van der Waals surface area contributed by atoms with Gasteiger partial charge >= 0.3 is 6.18 Å². The summed E-state index contributed by atoms with van der Waals surface area (Å²) in [5.74, 6) is -0.342. The molecule has 0 N–H and O–H groups in total. The molecule has 4 nitrogen and oxygen atoms in total. The van der Waals surface area contributed by atoms with E-state index in [1.54, 1.807) is 11.0 Å². The molecule has 1 aromatic heterocycles. The lowest BCUT2D eigenvalue weighted by atomic mass is 9.96. The van der Waals surface area contributed by atoms with Gasteiger partial charge in [-0.25, -0.2) is 4.98 Å².